The van der Waals surface area contributed by atoms with Crippen molar-refractivity contribution < 1.29 is 9.72 Å². The molecule has 0 unspecified atom stereocenters. The number of alkyl halides is 1. The van der Waals surface area contributed by atoms with Crippen molar-refractivity contribution in [1.82, 2.24) is 5.32 Å². The van der Waals surface area contributed by atoms with Crippen molar-refractivity contribution >= 4 is 34.8 Å². The molecule has 1 aliphatic carbocycles. The molecule has 1 aliphatic rings. The lowest BCUT2D eigenvalue weighted by atomic mass is 9.88. The van der Waals surface area contributed by atoms with E-state index >= 15 is 0 Å². The van der Waals surface area contributed by atoms with Crippen LogP contribution >= 0.6 is 23.2 Å². The maximum atomic E-state index is 12.3. The SMILES string of the molecule is O=C(NCC1(CCl)CCCC1)c1c(Cl)cccc1[N+](=O)[O-]. The molecule has 1 fully saturated rings. The van der Waals surface area contributed by atoms with Crippen LogP contribution in [0.1, 0.15) is 36.0 Å². The molecule has 1 aromatic carbocycles. The van der Waals surface area contributed by atoms with Crippen LogP contribution < -0.4 is 5.32 Å². The van der Waals surface area contributed by atoms with Gasteiger partial charge in [-0.25, -0.2) is 0 Å². The molecule has 114 valence electrons. The first-order chi connectivity index (χ1) is 9.99. The molecule has 0 atom stereocenters. The Kier molecular flexibility index (Phi) is 5.06. The predicted molar refractivity (Wildman–Crippen MR) is 82.1 cm³/mol. The van der Waals surface area contributed by atoms with Crippen LogP contribution in [0.15, 0.2) is 18.2 Å². The van der Waals surface area contributed by atoms with Gasteiger partial charge in [-0.15, -0.1) is 11.6 Å². The van der Waals surface area contributed by atoms with E-state index in [9.17, 15) is 14.9 Å². The van der Waals surface area contributed by atoms with Crippen LogP contribution in [0.4, 0.5) is 5.69 Å². The molecule has 0 radical (unpaired) electrons. The molecule has 1 amide bonds. The maximum Gasteiger partial charge on any atom is 0.283 e. The standard InChI is InChI=1S/C14H16Cl2N2O3/c15-8-14(6-1-2-7-14)9-17-13(19)12-10(16)4-3-5-11(12)18(20)21/h3-5H,1-2,6-9H2,(H,17,19). The van der Waals surface area contributed by atoms with Gasteiger partial charge in [0.05, 0.1) is 9.95 Å². The lowest BCUT2D eigenvalue weighted by Gasteiger charge is -2.26. The summed E-state index contributed by atoms with van der Waals surface area (Å²) in [6, 6.07) is 4.19. The first-order valence-corrected chi connectivity index (χ1v) is 7.67. The van der Waals surface area contributed by atoms with Crippen LogP contribution in [-0.4, -0.2) is 23.3 Å². The van der Waals surface area contributed by atoms with Crippen molar-refractivity contribution in [3.05, 3.63) is 38.9 Å². The largest absolute Gasteiger partial charge is 0.351 e. The van der Waals surface area contributed by atoms with Gasteiger partial charge in [-0.3, -0.25) is 14.9 Å². The molecular weight excluding hydrogens is 315 g/mol. The molecule has 21 heavy (non-hydrogen) atoms. The van der Waals surface area contributed by atoms with Crippen LogP contribution in [0.2, 0.25) is 5.02 Å². The highest BCUT2D eigenvalue weighted by atomic mass is 35.5. The van der Waals surface area contributed by atoms with E-state index in [1.165, 1.54) is 18.2 Å². The number of carbonyl (C=O) groups excluding carboxylic acids is 1. The number of halogens is 2. The zero-order valence-electron chi connectivity index (χ0n) is 11.4. The summed E-state index contributed by atoms with van der Waals surface area (Å²) in [6.07, 6.45) is 4.10. The van der Waals surface area contributed by atoms with Gasteiger partial charge in [-0.1, -0.05) is 30.5 Å². The van der Waals surface area contributed by atoms with Crippen molar-refractivity contribution in [2.75, 3.05) is 12.4 Å². The summed E-state index contributed by atoms with van der Waals surface area (Å²) in [5, 5.41) is 13.8. The summed E-state index contributed by atoms with van der Waals surface area (Å²) in [6.45, 7) is 0.414. The first-order valence-electron chi connectivity index (χ1n) is 6.76. The molecule has 1 N–H and O–H groups in total. The van der Waals surface area contributed by atoms with Gasteiger partial charge in [0.1, 0.15) is 5.56 Å². The number of benzene rings is 1. The van der Waals surface area contributed by atoms with Crippen LogP contribution in [0.5, 0.6) is 0 Å². The summed E-state index contributed by atoms with van der Waals surface area (Å²) >= 11 is 12.0. The van der Waals surface area contributed by atoms with E-state index in [4.69, 9.17) is 23.2 Å². The predicted octanol–water partition coefficient (Wildman–Crippen LogP) is 3.78. The number of hydrogen-bond acceptors (Lipinski definition) is 3. The minimum atomic E-state index is -0.603. The van der Waals surface area contributed by atoms with Gasteiger partial charge in [0.15, 0.2) is 0 Å². The second kappa shape index (κ2) is 6.62. The number of nitrogens with one attached hydrogen (secondary N) is 1. The summed E-state index contributed by atoms with van der Waals surface area (Å²) in [5.74, 6) is -0.0542. The van der Waals surface area contributed by atoms with Crippen LogP contribution in [0.25, 0.3) is 0 Å². The van der Waals surface area contributed by atoms with Crippen molar-refractivity contribution in [3.8, 4) is 0 Å². The fourth-order valence-corrected chi connectivity index (χ4v) is 3.35. The third kappa shape index (κ3) is 3.47. The molecule has 0 spiro atoms. The Morgan fingerprint density at radius 3 is 2.62 bits per heavy atom. The first kappa shape index (κ1) is 16.0. The van der Waals surface area contributed by atoms with Gasteiger partial charge >= 0.3 is 0 Å². The number of hydrogen-bond donors (Lipinski definition) is 1. The normalized spacial score (nSPS) is 16.7. The number of carbonyl (C=O) groups is 1. The Balaban J connectivity index is 2.16. The van der Waals surface area contributed by atoms with Crippen molar-refractivity contribution in [3.63, 3.8) is 0 Å². The van der Waals surface area contributed by atoms with Crippen LogP contribution in [0.3, 0.4) is 0 Å². The van der Waals surface area contributed by atoms with E-state index in [2.05, 4.69) is 5.32 Å². The number of amides is 1. The van der Waals surface area contributed by atoms with E-state index in [1.54, 1.807) is 0 Å². The second-order valence-corrected chi connectivity index (χ2v) is 6.09. The van der Waals surface area contributed by atoms with E-state index in [-0.39, 0.29) is 21.7 Å². The van der Waals surface area contributed by atoms with Crippen molar-refractivity contribution in [1.29, 1.82) is 0 Å². The third-order valence-electron chi connectivity index (χ3n) is 3.99. The molecule has 7 heteroatoms. The molecular formula is C14H16Cl2N2O3. The van der Waals surface area contributed by atoms with Gasteiger partial charge in [0.25, 0.3) is 11.6 Å². The average Bonchev–Trinajstić information content (AvgIpc) is 2.94. The van der Waals surface area contributed by atoms with Crippen LogP contribution in [0, 0.1) is 15.5 Å². The van der Waals surface area contributed by atoms with E-state index in [1.807, 2.05) is 0 Å². The summed E-state index contributed by atoms with van der Waals surface area (Å²) < 4.78 is 0. The maximum absolute atomic E-state index is 12.3. The quantitative estimate of drug-likeness (QED) is 0.507. The van der Waals surface area contributed by atoms with E-state index in [0.717, 1.165) is 25.7 Å². The van der Waals surface area contributed by atoms with Gasteiger partial charge in [-0.05, 0) is 18.9 Å². The molecule has 1 aromatic rings. The van der Waals surface area contributed by atoms with E-state index < -0.39 is 10.8 Å². The number of nitro groups is 1. The van der Waals surface area contributed by atoms with E-state index in [0.29, 0.717) is 12.4 Å². The molecule has 0 aliphatic heterocycles. The highest BCUT2D eigenvalue weighted by Gasteiger charge is 2.34. The fraction of sp³-hybridized carbons (Fsp3) is 0.500. The minimum Gasteiger partial charge on any atom is -0.351 e. The van der Waals surface area contributed by atoms with Crippen molar-refractivity contribution in [2.45, 2.75) is 25.7 Å². The highest BCUT2D eigenvalue weighted by Crippen LogP contribution is 2.38. The number of rotatable bonds is 5. The highest BCUT2D eigenvalue weighted by molar-refractivity contribution is 6.34. The molecule has 2 rings (SSSR count). The zero-order chi connectivity index (χ0) is 15.5. The van der Waals surface area contributed by atoms with Gasteiger partial charge in [-0.2, -0.15) is 0 Å². The molecule has 0 bridgehead atoms. The molecule has 1 saturated carbocycles. The van der Waals surface area contributed by atoms with Crippen molar-refractivity contribution in [2.24, 2.45) is 5.41 Å². The Bertz CT molecular complexity index is 557. The van der Waals surface area contributed by atoms with Gasteiger partial charge in [0.2, 0.25) is 0 Å². The monoisotopic (exact) mass is 330 g/mol. The Labute approximate surface area is 132 Å². The van der Waals surface area contributed by atoms with Crippen LogP contribution in [-0.2, 0) is 0 Å². The molecule has 0 aromatic heterocycles. The lowest BCUT2D eigenvalue weighted by molar-refractivity contribution is -0.385. The lowest BCUT2D eigenvalue weighted by Crippen LogP contribution is -2.37. The van der Waals surface area contributed by atoms with Gasteiger partial charge in [0, 0.05) is 23.9 Å². The second-order valence-electron chi connectivity index (χ2n) is 5.41. The zero-order valence-corrected chi connectivity index (χ0v) is 12.9. The topological polar surface area (TPSA) is 72.2 Å². The fourth-order valence-electron chi connectivity index (χ4n) is 2.73. The van der Waals surface area contributed by atoms with Gasteiger partial charge < -0.3 is 5.32 Å². The third-order valence-corrected chi connectivity index (χ3v) is 4.87. The number of nitrogens with zero attached hydrogens (tertiary/aromatic N) is 1. The Hall–Kier alpha value is -1.33. The molecule has 0 saturated heterocycles. The summed E-state index contributed by atoms with van der Waals surface area (Å²) in [4.78, 5) is 22.7. The summed E-state index contributed by atoms with van der Waals surface area (Å²) in [7, 11) is 0. The minimum absolute atomic E-state index is 0.0769. The smallest absolute Gasteiger partial charge is 0.283 e. The number of nitro benzene ring substituents is 1. The molecule has 5 nitrogen and oxygen atoms in total. The Morgan fingerprint density at radius 2 is 2.05 bits per heavy atom. The average molecular weight is 331 g/mol. The summed E-state index contributed by atoms with van der Waals surface area (Å²) in [5.41, 5.74) is -0.481. The Morgan fingerprint density at radius 1 is 1.38 bits per heavy atom. The molecule has 0 heterocycles.